The van der Waals surface area contributed by atoms with E-state index in [9.17, 15) is 0 Å². The summed E-state index contributed by atoms with van der Waals surface area (Å²) in [5.74, 6) is 1.20. The molecule has 0 aliphatic heterocycles. The molecule has 0 aliphatic carbocycles. The molecule has 26 heavy (non-hydrogen) atoms. The standard InChI is InChI=1S/C14H4Br10O2/c1-2(25-13-9(21)5(17)3(15)6(18)10(13)22)26-14-11(23)7(19)4(16)8(20)12(14)24/h2H,1H3. The zero-order valence-corrected chi connectivity index (χ0v) is 28.0. The molecule has 0 saturated heterocycles. The summed E-state index contributed by atoms with van der Waals surface area (Å²) < 4.78 is 20.1. The Bertz CT molecular complexity index is 753. The van der Waals surface area contributed by atoms with Crippen molar-refractivity contribution in [2.24, 2.45) is 0 Å². The molecule has 0 N–H and O–H groups in total. The molecular weight excluding hydrogens is 999 g/mol. The van der Waals surface area contributed by atoms with E-state index >= 15 is 0 Å². The van der Waals surface area contributed by atoms with Gasteiger partial charge in [0.15, 0.2) is 11.5 Å². The highest BCUT2D eigenvalue weighted by atomic mass is 79.9. The molecule has 0 saturated carbocycles. The number of benzene rings is 2. The van der Waals surface area contributed by atoms with Crippen LogP contribution in [0, 0.1) is 0 Å². The summed E-state index contributed by atoms with van der Waals surface area (Å²) in [4.78, 5) is 0. The molecule has 2 aromatic carbocycles. The van der Waals surface area contributed by atoms with Gasteiger partial charge in [-0.25, -0.2) is 0 Å². The minimum atomic E-state index is -0.588. The Kier molecular flexibility index (Phi) is 10.1. The van der Waals surface area contributed by atoms with Gasteiger partial charge in [0.2, 0.25) is 6.29 Å². The van der Waals surface area contributed by atoms with Crippen LogP contribution in [0.3, 0.4) is 0 Å². The molecule has 0 atom stereocenters. The number of ether oxygens (including phenoxy) is 2. The van der Waals surface area contributed by atoms with Crippen LogP contribution in [0.1, 0.15) is 6.92 Å². The Morgan fingerprint density at radius 3 is 0.846 bits per heavy atom. The zero-order valence-electron chi connectivity index (χ0n) is 12.2. The maximum Gasteiger partial charge on any atom is 0.238 e. The Morgan fingerprint density at radius 2 is 0.615 bits per heavy atom. The summed E-state index contributed by atoms with van der Waals surface area (Å²) in [6, 6.07) is 0. The van der Waals surface area contributed by atoms with E-state index in [1.54, 1.807) is 0 Å². The highest BCUT2D eigenvalue weighted by Crippen LogP contribution is 2.51. The molecule has 0 radical (unpaired) electrons. The largest absolute Gasteiger partial charge is 0.453 e. The lowest BCUT2D eigenvalue weighted by Gasteiger charge is -2.22. The van der Waals surface area contributed by atoms with Crippen molar-refractivity contribution in [3.63, 3.8) is 0 Å². The van der Waals surface area contributed by atoms with Crippen molar-refractivity contribution in [3.05, 3.63) is 44.7 Å². The first kappa shape index (κ1) is 25.1. The molecule has 0 bridgehead atoms. The third-order valence-electron chi connectivity index (χ3n) is 2.91. The van der Waals surface area contributed by atoms with E-state index in [2.05, 4.69) is 159 Å². The average Bonchev–Trinajstić information content (AvgIpc) is 2.62. The second kappa shape index (κ2) is 10.4. The number of halogens is 10. The fourth-order valence-corrected chi connectivity index (χ4v) is 8.13. The molecule has 12 heteroatoms. The molecule has 0 aromatic heterocycles. The maximum atomic E-state index is 6.04. The molecule has 142 valence electrons. The van der Waals surface area contributed by atoms with Crippen LogP contribution in [0.15, 0.2) is 44.7 Å². The summed E-state index contributed by atoms with van der Waals surface area (Å²) in [5, 5.41) is 0. The van der Waals surface area contributed by atoms with E-state index in [4.69, 9.17) is 9.47 Å². The second-order valence-electron chi connectivity index (χ2n) is 4.60. The second-order valence-corrected chi connectivity index (χ2v) is 12.5. The first-order valence-corrected chi connectivity index (χ1v) is 14.3. The number of hydrogen-bond acceptors (Lipinski definition) is 2. The Labute approximate surface area is 234 Å². The summed E-state index contributed by atoms with van der Waals surface area (Å²) in [7, 11) is 0. The van der Waals surface area contributed by atoms with Crippen LogP contribution < -0.4 is 9.47 Å². The summed E-state index contributed by atoms with van der Waals surface area (Å²) in [6.07, 6.45) is -0.588. The molecule has 0 amide bonds. The van der Waals surface area contributed by atoms with Crippen LogP contribution in [0.4, 0.5) is 0 Å². The molecule has 2 rings (SSSR count). The molecule has 2 nitrogen and oxygen atoms in total. The van der Waals surface area contributed by atoms with Crippen LogP contribution in [-0.2, 0) is 0 Å². The Morgan fingerprint density at radius 1 is 0.423 bits per heavy atom. The van der Waals surface area contributed by atoms with Crippen LogP contribution in [-0.4, -0.2) is 6.29 Å². The van der Waals surface area contributed by atoms with E-state index < -0.39 is 6.29 Å². The number of rotatable bonds is 4. The normalized spacial score (nSPS) is 11.2. The zero-order chi connectivity index (χ0) is 19.9. The fourth-order valence-electron chi connectivity index (χ4n) is 1.73. The van der Waals surface area contributed by atoms with Crippen molar-refractivity contribution in [1.29, 1.82) is 0 Å². The Hall–Kier alpha value is 2.84. The van der Waals surface area contributed by atoms with Gasteiger partial charge in [-0.15, -0.1) is 0 Å². The predicted octanol–water partition coefficient (Wildman–Crippen LogP) is 11.1. The lowest BCUT2D eigenvalue weighted by molar-refractivity contribution is 0.0196. The molecular formula is C14H4Br10O2. The molecule has 0 aliphatic rings. The number of hydrogen-bond donors (Lipinski definition) is 0. The first-order chi connectivity index (χ1) is 12.0. The van der Waals surface area contributed by atoms with Crippen LogP contribution in [0.2, 0.25) is 0 Å². The van der Waals surface area contributed by atoms with Gasteiger partial charge in [0.25, 0.3) is 0 Å². The van der Waals surface area contributed by atoms with Gasteiger partial charge < -0.3 is 9.47 Å². The molecule has 0 spiro atoms. The average molecular weight is 1000 g/mol. The highest BCUT2D eigenvalue weighted by molar-refractivity contribution is 9.16. The van der Waals surface area contributed by atoms with Crippen LogP contribution >= 0.6 is 159 Å². The van der Waals surface area contributed by atoms with E-state index in [1.807, 2.05) is 6.92 Å². The van der Waals surface area contributed by atoms with Crippen LogP contribution in [0.25, 0.3) is 0 Å². The van der Waals surface area contributed by atoms with Gasteiger partial charge in [-0.2, -0.15) is 0 Å². The van der Waals surface area contributed by atoms with E-state index in [-0.39, 0.29) is 0 Å². The molecule has 0 heterocycles. The van der Waals surface area contributed by atoms with E-state index in [0.29, 0.717) is 11.5 Å². The van der Waals surface area contributed by atoms with Gasteiger partial charge in [-0.3, -0.25) is 0 Å². The first-order valence-electron chi connectivity index (χ1n) is 6.35. The monoisotopic (exact) mass is 993 g/mol. The third kappa shape index (κ3) is 5.18. The summed E-state index contributed by atoms with van der Waals surface area (Å²) in [6.45, 7) is 1.81. The van der Waals surface area contributed by atoms with Gasteiger partial charge in [0.05, 0.1) is 35.8 Å². The summed E-state index contributed by atoms with van der Waals surface area (Å²) in [5.41, 5.74) is 0. The lowest BCUT2D eigenvalue weighted by atomic mass is 10.3. The quantitative estimate of drug-likeness (QED) is 0.173. The van der Waals surface area contributed by atoms with Crippen molar-refractivity contribution < 1.29 is 9.47 Å². The van der Waals surface area contributed by atoms with Gasteiger partial charge in [0, 0.05) is 15.9 Å². The van der Waals surface area contributed by atoms with Crippen LogP contribution in [0.5, 0.6) is 11.5 Å². The van der Waals surface area contributed by atoms with Gasteiger partial charge in [0.1, 0.15) is 0 Å². The maximum absolute atomic E-state index is 6.04. The fraction of sp³-hybridized carbons (Fsp3) is 0.143. The smallest absolute Gasteiger partial charge is 0.238 e. The van der Waals surface area contributed by atoms with E-state index in [0.717, 1.165) is 44.7 Å². The van der Waals surface area contributed by atoms with Crippen molar-refractivity contribution in [3.8, 4) is 11.5 Å². The minimum absolute atomic E-state index is 0.588. The summed E-state index contributed by atoms with van der Waals surface area (Å²) >= 11 is 35.3. The van der Waals surface area contributed by atoms with Crippen molar-refractivity contribution in [1.82, 2.24) is 0 Å². The van der Waals surface area contributed by atoms with Gasteiger partial charge >= 0.3 is 0 Å². The topological polar surface area (TPSA) is 18.5 Å². The minimum Gasteiger partial charge on any atom is -0.453 e. The van der Waals surface area contributed by atoms with Crippen molar-refractivity contribution in [2.75, 3.05) is 0 Å². The highest BCUT2D eigenvalue weighted by Gasteiger charge is 2.24. The Balaban J connectivity index is 2.39. The molecule has 2 aromatic rings. The third-order valence-corrected chi connectivity index (χ3v) is 14.9. The van der Waals surface area contributed by atoms with Crippen molar-refractivity contribution in [2.45, 2.75) is 13.2 Å². The lowest BCUT2D eigenvalue weighted by Crippen LogP contribution is -2.21. The predicted molar refractivity (Wildman–Crippen MR) is 141 cm³/mol. The van der Waals surface area contributed by atoms with E-state index in [1.165, 1.54) is 0 Å². The van der Waals surface area contributed by atoms with Gasteiger partial charge in [-0.05, 0) is 159 Å². The molecule has 0 unspecified atom stereocenters. The molecule has 0 fully saturated rings. The van der Waals surface area contributed by atoms with Gasteiger partial charge in [-0.1, -0.05) is 0 Å². The SMILES string of the molecule is CC(Oc1c(Br)c(Br)c(Br)c(Br)c1Br)Oc1c(Br)c(Br)c(Br)c(Br)c1Br. The van der Waals surface area contributed by atoms with Crippen molar-refractivity contribution >= 4 is 159 Å².